The van der Waals surface area contributed by atoms with E-state index in [1.807, 2.05) is 19.1 Å². The standard InChI is InChI=1S/C18H16N2O2/c1-2-22-16-9-8-15(14-7-4-10-20-17(14)16)18(21)12-5-3-6-13(19)11-12/h3-11H,2,19H2,1H3. The van der Waals surface area contributed by atoms with Crippen LogP contribution in [0, 0.1) is 0 Å². The Kier molecular flexibility index (Phi) is 3.74. The number of aromatic nitrogens is 1. The van der Waals surface area contributed by atoms with Crippen LogP contribution in [-0.4, -0.2) is 17.4 Å². The van der Waals surface area contributed by atoms with Crippen molar-refractivity contribution < 1.29 is 9.53 Å². The first-order valence-corrected chi connectivity index (χ1v) is 7.11. The van der Waals surface area contributed by atoms with Crippen molar-refractivity contribution in [3.8, 4) is 5.75 Å². The monoisotopic (exact) mass is 292 g/mol. The zero-order valence-electron chi connectivity index (χ0n) is 12.2. The quantitative estimate of drug-likeness (QED) is 0.591. The average molecular weight is 292 g/mol. The summed E-state index contributed by atoms with van der Waals surface area (Å²) in [6.07, 6.45) is 1.69. The fourth-order valence-electron chi connectivity index (χ4n) is 2.45. The van der Waals surface area contributed by atoms with Crippen LogP contribution in [0.4, 0.5) is 5.69 Å². The molecule has 0 radical (unpaired) electrons. The van der Waals surface area contributed by atoms with E-state index in [0.717, 1.165) is 5.39 Å². The van der Waals surface area contributed by atoms with Gasteiger partial charge in [-0.25, -0.2) is 0 Å². The summed E-state index contributed by atoms with van der Waals surface area (Å²) in [5.74, 6) is 0.607. The molecule has 1 aromatic heterocycles. The second-order valence-corrected chi connectivity index (χ2v) is 4.90. The van der Waals surface area contributed by atoms with E-state index in [0.29, 0.717) is 34.7 Å². The van der Waals surface area contributed by atoms with Gasteiger partial charge in [-0.2, -0.15) is 0 Å². The number of nitrogens with zero attached hydrogens (tertiary/aromatic N) is 1. The van der Waals surface area contributed by atoms with Crippen LogP contribution < -0.4 is 10.5 Å². The van der Waals surface area contributed by atoms with Crippen molar-refractivity contribution in [3.63, 3.8) is 0 Å². The Morgan fingerprint density at radius 1 is 1.18 bits per heavy atom. The molecule has 0 fully saturated rings. The van der Waals surface area contributed by atoms with E-state index >= 15 is 0 Å². The van der Waals surface area contributed by atoms with Gasteiger partial charge in [0.05, 0.1) is 6.61 Å². The Hall–Kier alpha value is -2.88. The van der Waals surface area contributed by atoms with Crippen molar-refractivity contribution in [3.05, 3.63) is 65.9 Å². The van der Waals surface area contributed by atoms with Gasteiger partial charge in [-0.3, -0.25) is 9.78 Å². The highest BCUT2D eigenvalue weighted by atomic mass is 16.5. The Morgan fingerprint density at radius 3 is 2.82 bits per heavy atom. The largest absolute Gasteiger partial charge is 0.492 e. The van der Waals surface area contributed by atoms with Crippen LogP contribution in [0.15, 0.2) is 54.7 Å². The molecule has 3 rings (SSSR count). The molecule has 4 heteroatoms. The smallest absolute Gasteiger partial charge is 0.193 e. The van der Waals surface area contributed by atoms with Crippen molar-refractivity contribution >= 4 is 22.4 Å². The number of carbonyl (C=O) groups is 1. The number of anilines is 1. The number of rotatable bonds is 4. The maximum absolute atomic E-state index is 12.8. The van der Waals surface area contributed by atoms with Gasteiger partial charge in [0.25, 0.3) is 0 Å². The van der Waals surface area contributed by atoms with E-state index < -0.39 is 0 Å². The van der Waals surface area contributed by atoms with Gasteiger partial charge in [0.1, 0.15) is 11.3 Å². The van der Waals surface area contributed by atoms with Crippen molar-refractivity contribution in [2.75, 3.05) is 12.3 Å². The SMILES string of the molecule is CCOc1ccc(C(=O)c2cccc(N)c2)c2cccnc12. The van der Waals surface area contributed by atoms with Gasteiger partial charge in [0.15, 0.2) is 5.78 Å². The predicted octanol–water partition coefficient (Wildman–Crippen LogP) is 3.45. The van der Waals surface area contributed by atoms with E-state index in [1.54, 1.807) is 42.6 Å². The van der Waals surface area contributed by atoms with Gasteiger partial charge in [0.2, 0.25) is 0 Å². The number of ketones is 1. The Bertz CT molecular complexity index is 843. The molecule has 4 nitrogen and oxygen atoms in total. The zero-order valence-corrected chi connectivity index (χ0v) is 12.2. The molecule has 0 saturated carbocycles. The normalized spacial score (nSPS) is 10.6. The summed E-state index contributed by atoms with van der Waals surface area (Å²) in [7, 11) is 0. The Balaban J connectivity index is 2.15. The molecular weight excluding hydrogens is 276 g/mol. The lowest BCUT2D eigenvalue weighted by molar-refractivity contribution is 0.104. The number of carbonyl (C=O) groups excluding carboxylic acids is 1. The molecule has 0 saturated heterocycles. The number of nitrogen functional groups attached to an aromatic ring is 1. The molecule has 0 spiro atoms. The van der Waals surface area contributed by atoms with Gasteiger partial charge < -0.3 is 10.5 Å². The molecule has 0 amide bonds. The number of benzene rings is 2. The molecule has 0 unspecified atom stereocenters. The maximum atomic E-state index is 12.8. The van der Waals surface area contributed by atoms with E-state index in [1.165, 1.54) is 0 Å². The summed E-state index contributed by atoms with van der Waals surface area (Å²) in [6.45, 7) is 2.47. The highest BCUT2D eigenvalue weighted by molar-refractivity contribution is 6.16. The number of nitrogens with two attached hydrogens (primary N) is 1. The molecule has 22 heavy (non-hydrogen) atoms. The van der Waals surface area contributed by atoms with Crippen LogP contribution in [0.2, 0.25) is 0 Å². The summed E-state index contributed by atoms with van der Waals surface area (Å²) < 4.78 is 5.58. The third-order valence-corrected chi connectivity index (χ3v) is 3.43. The number of pyridine rings is 1. The summed E-state index contributed by atoms with van der Waals surface area (Å²) in [5.41, 5.74) is 8.19. The minimum absolute atomic E-state index is 0.0756. The topological polar surface area (TPSA) is 65.2 Å². The Labute approximate surface area is 128 Å². The molecular formula is C18H16N2O2. The maximum Gasteiger partial charge on any atom is 0.193 e. The van der Waals surface area contributed by atoms with Crippen LogP contribution in [-0.2, 0) is 0 Å². The molecule has 2 aromatic carbocycles. The number of hydrogen-bond acceptors (Lipinski definition) is 4. The molecule has 0 atom stereocenters. The van der Waals surface area contributed by atoms with E-state index in [9.17, 15) is 4.79 Å². The number of fused-ring (bicyclic) bond motifs is 1. The first-order valence-electron chi connectivity index (χ1n) is 7.11. The lowest BCUT2D eigenvalue weighted by Gasteiger charge is -2.10. The van der Waals surface area contributed by atoms with Crippen molar-refractivity contribution in [1.29, 1.82) is 0 Å². The summed E-state index contributed by atoms with van der Waals surface area (Å²) in [4.78, 5) is 17.1. The molecule has 0 bridgehead atoms. The van der Waals surface area contributed by atoms with Gasteiger partial charge in [-0.05, 0) is 37.3 Å². The van der Waals surface area contributed by atoms with Crippen LogP contribution in [0.1, 0.15) is 22.8 Å². The highest BCUT2D eigenvalue weighted by Gasteiger charge is 2.15. The van der Waals surface area contributed by atoms with Gasteiger partial charge in [-0.1, -0.05) is 18.2 Å². The second kappa shape index (κ2) is 5.85. The van der Waals surface area contributed by atoms with Crippen LogP contribution in [0.3, 0.4) is 0 Å². The van der Waals surface area contributed by atoms with E-state index in [4.69, 9.17) is 10.5 Å². The average Bonchev–Trinajstić information content (AvgIpc) is 2.55. The highest BCUT2D eigenvalue weighted by Crippen LogP contribution is 2.28. The first-order chi connectivity index (χ1) is 10.7. The van der Waals surface area contributed by atoms with Crippen LogP contribution in [0.25, 0.3) is 10.9 Å². The zero-order chi connectivity index (χ0) is 15.5. The third kappa shape index (κ3) is 2.51. The predicted molar refractivity (Wildman–Crippen MR) is 87.2 cm³/mol. The molecule has 0 aliphatic heterocycles. The molecule has 110 valence electrons. The minimum atomic E-state index is -0.0756. The minimum Gasteiger partial charge on any atom is -0.492 e. The van der Waals surface area contributed by atoms with E-state index in [-0.39, 0.29) is 5.78 Å². The second-order valence-electron chi connectivity index (χ2n) is 4.90. The van der Waals surface area contributed by atoms with Gasteiger partial charge in [0, 0.05) is 28.4 Å². The van der Waals surface area contributed by atoms with E-state index in [2.05, 4.69) is 4.98 Å². The third-order valence-electron chi connectivity index (χ3n) is 3.43. The summed E-state index contributed by atoms with van der Waals surface area (Å²) in [5, 5.41) is 0.779. The first kappa shape index (κ1) is 14.1. The molecule has 1 heterocycles. The molecule has 2 N–H and O–H groups in total. The van der Waals surface area contributed by atoms with Gasteiger partial charge >= 0.3 is 0 Å². The van der Waals surface area contributed by atoms with Crippen LogP contribution in [0.5, 0.6) is 5.75 Å². The molecule has 0 aliphatic carbocycles. The lowest BCUT2D eigenvalue weighted by atomic mass is 9.98. The van der Waals surface area contributed by atoms with Crippen molar-refractivity contribution in [2.24, 2.45) is 0 Å². The number of ether oxygens (including phenoxy) is 1. The molecule has 0 aliphatic rings. The number of hydrogen-bond donors (Lipinski definition) is 1. The summed E-state index contributed by atoms with van der Waals surface area (Å²) in [6, 6.07) is 14.2. The fourth-order valence-corrected chi connectivity index (χ4v) is 2.45. The van der Waals surface area contributed by atoms with Gasteiger partial charge in [-0.15, -0.1) is 0 Å². The van der Waals surface area contributed by atoms with Crippen molar-refractivity contribution in [1.82, 2.24) is 4.98 Å². The van der Waals surface area contributed by atoms with Crippen molar-refractivity contribution in [2.45, 2.75) is 6.92 Å². The molecule has 3 aromatic rings. The Morgan fingerprint density at radius 2 is 2.05 bits per heavy atom. The fraction of sp³-hybridized carbons (Fsp3) is 0.111. The van der Waals surface area contributed by atoms with Crippen LogP contribution >= 0.6 is 0 Å². The summed E-state index contributed by atoms with van der Waals surface area (Å²) >= 11 is 0. The lowest BCUT2D eigenvalue weighted by Crippen LogP contribution is -2.04.